The minimum atomic E-state index is 0.0628. The van der Waals surface area contributed by atoms with E-state index < -0.39 is 0 Å². The number of hydrogen-bond acceptors (Lipinski definition) is 3. The number of aryl methyl sites for hydroxylation is 2. The SMILES string of the molecule is O=C(c1cc2c(s1)CCCCC2)N(CCO)C1CCCC1. The zero-order chi connectivity index (χ0) is 14.7. The van der Waals surface area contributed by atoms with Gasteiger partial charge in [-0.3, -0.25) is 4.79 Å². The van der Waals surface area contributed by atoms with E-state index in [0.717, 1.165) is 30.6 Å². The largest absolute Gasteiger partial charge is 0.395 e. The fourth-order valence-electron chi connectivity index (χ4n) is 3.69. The highest BCUT2D eigenvalue weighted by atomic mass is 32.1. The zero-order valence-corrected chi connectivity index (χ0v) is 13.5. The highest BCUT2D eigenvalue weighted by molar-refractivity contribution is 7.14. The fourth-order valence-corrected chi connectivity index (χ4v) is 4.90. The second-order valence-electron chi connectivity index (χ2n) is 6.28. The monoisotopic (exact) mass is 307 g/mol. The van der Waals surface area contributed by atoms with E-state index in [1.54, 1.807) is 11.3 Å². The fraction of sp³-hybridized carbons (Fsp3) is 0.706. The van der Waals surface area contributed by atoms with Crippen molar-refractivity contribution in [3.8, 4) is 0 Å². The van der Waals surface area contributed by atoms with Gasteiger partial charge in [-0.15, -0.1) is 11.3 Å². The van der Waals surface area contributed by atoms with Crippen molar-refractivity contribution in [3.05, 3.63) is 21.4 Å². The molecule has 2 aliphatic carbocycles. The zero-order valence-electron chi connectivity index (χ0n) is 12.6. The summed E-state index contributed by atoms with van der Waals surface area (Å²) in [5.74, 6) is 0.147. The van der Waals surface area contributed by atoms with Gasteiger partial charge in [0, 0.05) is 17.5 Å². The highest BCUT2D eigenvalue weighted by Crippen LogP contribution is 2.31. The molecule has 0 spiro atoms. The van der Waals surface area contributed by atoms with Gasteiger partial charge in [-0.05, 0) is 50.2 Å². The standard InChI is InChI=1S/C17H25NO2S/c19-11-10-18(14-7-4-5-8-14)17(20)16-12-13-6-2-1-3-9-15(13)21-16/h12,14,19H,1-11H2. The molecule has 3 nitrogen and oxygen atoms in total. The highest BCUT2D eigenvalue weighted by Gasteiger charge is 2.28. The Kier molecular flexibility index (Phi) is 4.96. The number of rotatable bonds is 4. The van der Waals surface area contributed by atoms with Crippen molar-refractivity contribution >= 4 is 17.2 Å². The predicted octanol–water partition coefficient (Wildman–Crippen LogP) is 3.39. The number of fused-ring (bicyclic) bond motifs is 1. The van der Waals surface area contributed by atoms with Crippen LogP contribution in [0.2, 0.25) is 0 Å². The summed E-state index contributed by atoms with van der Waals surface area (Å²) in [4.78, 5) is 17.1. The summed E-state index contributed by atoms with van der Waals surface area (Å²) in [6.45, 7) is 0.541. The Labute approximate surface area is 131 Å². The van der Waals surface area contributed by atoms with Gasteiger partial charge in [-0.2, -0.15) is 0 Å². The third-order valence-electron chi connectivity index (χ3n) is 4.82. The minimum Gasteiger partial charge on any atom is -0.395 e. The lowest BCUT2D eigenvalue weighted by Crippen LogP contribution is -2.40. The molecule has 1 aromatic heterocycles. The molecule has 1 heterocycles. The maximum absolute atomic E-state index is 12.9. The van der Waals surface area contributed by atoms with Crippen molar-refractivity contribution in [1.29, 1.82) is 0 Å². The Morgan fingerprint density at radius 3 is 2.71 bits per heavy atom. The van der Waals surface area contributed by atoms with Crippen molar-refractivity contribution in [2.45, 2.75) is 63.8 Å². The number of aliphatic hydroxyl groups excluding tert-OH is 1. The van der Waals surface area contributed by atoms with E-state index in [-0.39, 0.29) is 12.5 Å². The van der Waals surface area contributed by atoms with Crippen molar-refractivity contribution in [3.63, 3.8) is 0 Å². The maximum atomic E-state index is 12.9. The van der Waals surface area contributed by atoms with E-state index in [2.05, 4.69) is 6.07 Å². The molecule has 0 atom stereocenters. The van der Waals surface area contributed by atoms with Gasteiger partial charge in [0.1, 0.15) is 0 Å². The van der Waals surface area contributed by atoms with Crippen molar-refractivity contribution in [1.82, 2.24) is 4.90 Å². The predicted molar refractivity (Wildman–Crippen MR) is 86.0 cm³/mol. The molecule has 21 heavy (non-hydrogen) atoms. The average Bonchev–Trinajstić information content (AvgIpc) is 3.10. The topological polar surface area (TPSA) is 40.5 Å². The quantitative estimate of drug-likeness (QED) is 0.866. The number of carbonyl (C=O) groups is 1. The van der Waals surface area contributed by atoms with Gasteiger partial charge in [-0.25, -0.2) is 0 Å². The lowest BCUT2D eigenvalue weighted by atomic mass is 10.1. The van der Waals surface area contributed by atoms with Gasteiger partial charge in [0.2, 0.25) is 0 Å². The van der Waals surface area contributed by atoms with Crippen LogP contribution in [0.3, 0.4) is 0 Å². The first-order valence-electron chi connectivity index (χ1n) is 8.33. The van der Waals surface area contributed by atoms with Crippen LogP contribution in [0.5, 0.6) is 0 Å². The van der Waals surface area contributed by atoms with Gasteiger partial charge in [0.25, 0.3) is 5.91 Å². The molecule has 0 radical (unpaired) electrons. The van der Waals surface area contributed by atoms with E-state index >= 15 is 0 Å². The van der Waals surface area contributed by atoms with Gasteiger partial charge < -0.3 is 10.0 Å². The molecule has 2 aliphatic rings. The van der Waals surface area contributed by atoms with Gasteiger partial charge in [0.15, 0.2) is 0 Å². The number of nitrogens with zero attached hydrogens (tertiary/aromatic N) is 1. The van der Waals surface area contributed by atoms with Crippen LogP contribution in [0.25, 0.3) is 0 Å². The van der Waals surface area contributed by atoms with E-state index in [1.165, 1.54) is 42.5 Å². The van der Waals surface area contributed by atoms with Crippen LogP contribution < -0.4 is 0 Å². The lowest BCUT2D eigenvalue weighted by Gasteiger charge is -2.27. The first-order chi connectivity index (χ1) is 10.3. The van der Waals surface area contributed by atoms with E-state index in [1.807, 2.05) is 4.90 Å². The normalized spacial score (nSPS) is 19.3. The molecule has 3 rings (SSSR count). The van der Waals surface area contributed by atoms with Crippen LogP contribution in [0.1, 0.15) is 65.1 Å². The molecule has 0 saturated heterocycles. The van der Waals surface area contributed by atoms with Crippen LogP contribution in [0, 0.1) is 0 Å². The molecule has 1 fully saturated rings. The number of amides is 1. The molecule has 1 saturated carbocycles. The van der Waals surface area contributed by atoms with Gasteiger partial charge in [-0.1, -0.05) is 19.3 Å². The van der Waals surface area contributed by atoms with Crippen LogP contribution >= 0.6 is 11.3 Å². The Bertz CT molecular complexity index is 467. The molecule has 1 N–H and O–H groups in total. The summed E-state index contributed by atoms with van der Waals surface area (Å²) in [7, 11) is 0. The number of carbonyl (C=O) groups excluding carboxylic acids is 1. The molecule has 4 heteroatoms. The first kappa shape index (κ1) is 15.0. The van der Waals surface area contributed by atoms with E-state index in [0.29, 0.717) is 12.6 Å². The van der Waals surface area contributed by atoms with Gasteiger partial charge in [0.05, 0.1) is 11.5 Å². The third kappa shape index (κ3) is 3.32. The lowest BCUT2D eigenvalue weighted by molar-refractivity contribution is 0.0643. The molecule has 1 amide bonds. The second kappa shape index (κ2) is 6.93. The summed E-state index contributed by atoms with van der Waals surface area (Å²) in [6, 6.07) is 2.47. The second-order valence-corrected chi connectivity index (χ2v) is 7.42. The molecule has 0 aromatic carbocycles. The van der Waals surface area contributed by atoms with Crippen molar-refractivity contribution in [2.24, 2.45) is 0 Å². The summed E-state index contributed by atoms with van der Waals surface area (Å²) in [5.41, 5.74) is 1.40. The van der Waals surface area contributed by atoms with Crippen LogP contribution in [0.4, 0.5) is 0 Å². The van der Waals surface area contributed by atoms with Gasteiger partial charge >= 0.3 is 0 Å². The minimum absolute atomic E-state index is 0.0628. The molecular formula is C17H25NO2S. The third-order valence-corrected chi connectivity index (χ3v) is 6.05. The Morgan fingerprint density at radius 1 is 1.19 bits per heavy atom. The first-order valence-corrected chi connectivity index (χ1v) is 9.14. The summed E-state index contributed by atoms with van der Waals surface area (Å²) < 4.78 is 0. The van der Waals surface area contributed by atoms with E-state index in [4.69, 9.17) is 0 Å². The number of aliphatic hydroxyl groups is 1. The van der Waals surface area contributed by atoms with E-state index in [9.17, 15) is 9.90 Å². The molecule has 116 valence electrons. The molecule has 0 aliphatic heterocycles. The molecule has 0 unspecified atom stereocenters. The van der Waals surface area contributed by atoms with Crippen molar-refractivity contribution < 1.29 is 9.90 Å². The van der Waals surface area contributed by atoms with Crippen LogP contribution in [-0.4, -0.2) is 35.1 Å². The molecule has 0 bridgehead atoms. The maximum Gasteiger partial charge on any atom is 0.264 e. The summed E-state index contributed by atoms with van der Waals surface area (Å²) >= 11 is 1.70. The molecular weight excluding hydrogens is 282 g/mol. The Balaban J connectivity index is 1.78. The smallest absolute Gasteiger partial charge is 0.264 e. The van der Waals surface area contributed by atoms with Crippen molar-refractivity contribution in [2.75, 3.05) is 13.2 Å². The van der Waals surface area contributed by atoms with Crippen LogP contribution in [-0.2, 0) is 12.8 Å². The average molecular weight is 307 g/mol. The number of thiophene rings is 1. The van der Waals surface area contributed by atoms with Crippen LogP contribution in [0.15, 0.2) is 6.07 Å². The summed E-state index contributed by atoms with van der Waals surface area (Å²) in [5, 5.41) is 9.30. The number of hydrogen-bond donors (Lipinski definition) is 1. The molecule has 1 aromatic rings. The Morgan fingerprint density at radius 2 is 1.95 bits per heavy atom. The Hall–Kier alpha value is -0.870. The summed E-state index contributed by atoms with van der Waals surface area (Å²) in [6.07, 6.45) is 10.7.